The fraction of sp³-hybridized carbons (Fsp3) is 0. The summed E-state index contributed by atoms with van der Waals surface area (Å²) in [4.78, 5) is 20.4. The molecule has 0 N–H and O–H groups in total. The Balaban J connectivity index is 0.00000649. The molecule has 0 aliphatic carbocycles. The number of hydrogen-bond donors (Lipinski definition) is 0. The van der Waals surface area contributed by atoms with Gasteiger partial charge in [0.25, 0.3) is 0 Å². The number of para-hydroxylation sites is 2. The molecule has 0 radical (unpaired) electrons. The van der Waals surface area contributed by atoms with Crippen molar-refractivity contribution in [3.63, 3.8) is 0 Å². The molecule has 0 aliphatic heterocycles. The molecule has 0 atom stereocenters. The second-order valence-electron chi connectivity index (χ2n) is 22.6. The first-order chi connectivity index (χ1) is 44.1. The molecule has 90 heavy (non-hydrogen) atoms. The Labute approximate surface area is 534 Å². The van der Waals surface area contributed by atoms with E-state index in [2.05, 4.69) is 283 Å². The van der Waals surface area contributed by atoms with Crippen molar-refractivity contribution in [3.05, 3.63) is 322 Å². The third kappa shape index (κ3) is 9.37. The molecule has 12 aromatic carbocycles. The van der Waals surface area contributed by atoms with E-state index in [1.165, 1.54) is 0 Å². The standard InChI is InChI=1S/C84H50N5.Ir/c1-3-20-54(21-4-1)76-52-86-81(72-32-15-13-30-70(72)76)58-41-37-56(38-42-58)64-24-7-10-27-67(64)61-48-62(68-28-11-8-25-65(68)57-39-43-59(44-40-57)82-73-33-16-14-31-71(73)77(53-87-82)55-22-5-2-6-23-55)50-63(49-61)69-29-12-9-26-66(69)60-45-46-74-75(51-60)84-88-78-34-17-18-35-79(78)89(84)80-36-19-47-85-83(74)80;/h1-41,43,45,47-53H;/q-3;+3. The topological polar surface area (TPSA) is 56.0 Å². The maximum absolute atomic E-state index is 5.26. The van der Waals surface area contributed by atoms with Crippen LogP contribution in [-0.2, 0) is 20.1 Å². The van der Waals surface area contributed by atoms with E-state index in [0.29, 0.717) is 0 Å². The Morgan fingerprint density at radius 2 is 0.711 bits per heavy atom. The summed E-state index contributed by atoms with van der Waals surface area (Å²) in [5.41, 5.74) is 25.9. The number of imidazole rings is 1. The van der Waals surface area contributed by atoms with Gasteiger partial charge < -0.3 is 19.4 Å². The van der Waals surface area contributed by atoms with Crippen molar-refractivity contribution in [1.29, 1.82) is 0 Å². The van der Waals surface area contributed by atoms with Crippen molar-refractivity contribution >= 4 is 60.0 Å². The van der Waals surface area contributed by atoms with Crippen molar-refractivity contribution in [1.82, 2.24) is 24.3 Å². The monoisotopic (exact) mass is 1320 g/mol. The third-order valence-corrected chi connectivity index (χ3v) is 17.5. The van der Waals surface area contributed by atoms with E-state index < -0.39 is 0 Å². The van der Waals surface area contributed by atoms with Crippen LogP contribution in [0.25, 0.3) is 172 Å². The molecule has 5 nitrogen and oxygen atoms in total. The first kappa shape index (κ1) is 54.1. The molecule has 6 heteroatoms. The summed E-state index contributed by atoms with van der Waals surface area (Å²) in [6.45, 7) is 0. The molecule has 0 fully saturated rings. The van der Waals surface area contributed by atoms with E-state index in [-0.39, 0.29) is 20.1 Å². The second-order valence-corrected chi connectivity index (χ2v) is 22.6. The molecule has 0 spiro atoms. The van der Waals surface area contributed by atoms with Gasteiger partial charge in [0.2, 0.25) is 0 Å². The van der Waals surface area contributed by atoms with Crippen molar-refractivity contribution in [3.8, 4) is 112 Å². The summed E-state index contributed by atoms with van der Waals surface area (Å²) in [5.74, 6) is 0. The Hall–Kier alpha value is -11.3. The van der Waals surface area contributed by atoms with E-state index >= 15 is 0 Å². The molecule has 17 aromatic rings. The van der Waals surface area contributed by atoms with Gasteiger partial charge in [0.05, 0.1) is 11.0 Å². The van der Waals surface area contributed by atoms with Crippen LogP contribution >= 0.6 is 0 Å². The van der Waals surface area contributed by atoms with Gasteiger partial charge in [-0.15, -0.1) is 83.2 Å². The van der Waals surface area contributed by atoms with E-state index in [9.17, 15) is 0 Å². The van der Waals surface area contributed by atoms with E-state index in [4.69, 9.17) is 19.9 Å². The predicted molar refractivity (Wildman–Crippen MR) is 367 cm³/mol. The molecule has 0 saturated heterocycles. The van der Waals surface area contributed by atoms with Gasteiger partial charge in [0, 0.05) is 40.8 Å². The van der Waals surface area contributed by atoms with Crippen LogP contribution in [0, 0.1) is 18.2 Å². The fourth-order valence-corrected chi connectivity index (χ4v) is 13.3. The van der Waals surface area contributed by atoms with Gasteiger partial charge in [-0.2, -0.15) is 0 Å². The molecule has 0 bridgehead atoms. The number of rotatable bonds is 10. The number of nitrogens with zero attached hydrogens (tertiary/aromatic N) is 5. The van der Waals surface area contributed by atoms with Crippen LogP contribution in [0.15, 0.2) is 304 Å². The van der Waals surface area contributed by atoms with Crippen LogP contribution in [0.5, 0.6) is 0 Å². The van der Waals surface area contributed by atoms with Crippen LogP contribution in [0.3, 0.4) is 0 Å². The number of hydrogen-bond acceptors (Lipinski definition) is 4. The molecule has 0 amide bonds. The summed E-state index contributed by atoms with van der Waals surface area (Å²) in [7, 11) is 0. The van der Waals surface area contributed by atoms with Gasteiger partial charge in [-0.25, -0.2) is 4.98 Å². The Kier molecular flexibility index (Phi) is 13.7. The normalized spacial score (nSPS) is 11.5. The predicted octanol–water partition coefficient (Wildman–Crippen LogP) is 21.4. The summed E-state index contributed by atoms with van der Waals surface area (Å²) < 4.78 is 2.25. The van der Waals surface area contributed by atoms with Crippen LogP contribution < -0.4 is 0 Å². The molecular formula is C84H50IrN5. The Bertz CT molecular complexity index is 5380. The zero-order valence-electron chi connectivity index (χ0n) is 48.4. The summed E-state index contributed by atoms with van der Waals surface area (Å²) >= 11 is 0. The quantitative estimate of drug-likeness (QED) is 0.101. The first-order valence-electron chi connectivity index (χ1n) is 30.0. The average Bonchev–Trinajstić information content (AvgIpc) is 1.52. The fourth-order valence-electron chi connectivity index (χ4n) is 13.3. The average molecular weight is 1320 g/mol. The van der Waals surface area contributed by atoms with Crippen LogP contribution in [0.4, 0.5) is 0 Å². The van der Waals surface area contributed by atoms with Gasteiger partial charge in [-0.3, -0.25) is 0 Å². The molecule has 17 rings (SSSR count). The van der Waals surface area contributed by atoms with Gasteiger partial charge >= 0.3 is 20.1 Å². The van der Waals surface area contributed by atoms with Gasteiger partial charge in [-0.1, -0.05) is 233 Å². The molecule has 420 valence electrons. The zero-order valence-corrected chi connectivity index (χ0v) is 50.8. The first-order valence-corrected chi connectivity index (χ1v) is 30.0. The van der Waals surface area contributed by atoms with Crippen molar-refractivity contribution in [2.75, 3.05) is 0 Å². The zero-order chi connectivity index (χ0) is 58.8. The summed E-state index contributed by atoms with van der Waals surface area (Å²) in [6.07, 6.45) is 5.86. The van der Waals surface area contributed by atoms with E-state index in [1.807, 2.05) is 42.9 Å². The number of pyridine rings is 4. The molecule has 0 saturated carbocycles. The minimum atomic E-state index is 0. The maximum Gasteiger partial charge on any atom is 3.00 e. The van der Waals surface area contributed by atoms with Gasteiger partial charge in [0.15, 0.2) is 0 Å². The van der Waals surface area contributed by atoms with Crippen molar-refractivity contribution in [2.45, 2.75) is 0 Å². The smallest absolute Gasteiger partial charge is 0.307 e. The van der Waals surface area contributed by atoms with Crippen molar-refractivity contribution in [2.24, 2.45) is 0 Å². The molecule has 0 unspecified atom stereocenters. The van der Waals surface area contributed by atoms with E-state index in [0.717, 1.165) is 172 Å². The molecule has 5 aromatic heterocycles. The second kappa shape index (κ2) is 22.8. The van der Waals surface area contributed by atoms with Crippen LogP contribution in [0.1, 0.15) is 0 Å². The Morgan fingerprint density at radius 1 is 0.289 bits per heavy atom. The minimum Gasteiger partial charge on any atom is -0.307 e. The minimum absolute atomic E-state index is 0. The van der Waals surface area contributed by atoms with Crippen LogP contribution in [-0.4, -0.2) is 24.3 Å². The summed E-state index contributed by atoms with van der Waals surface area (Å²) in [5, 5.41) is 6.42. The third-order valence-electron chi connectivity index (χ3n) is 17.5. The largest absolute Gasteiger partial charge is 3.00 e. The van der Waals surface area contributed by atoms with Gasteiger partial charge in [0.1, 0.15) is 5.65 Å². The molecular weight excluding hydrogens is 1270 g/mol. The number of aromatic nitrogens is 5. The summed E-state index contributed by atoms with van der Waals surface area (Å²) in [6, 6.07) is 112. The van der Waals surface area contributed by atoms with Crippen LogP contribution in [0.2, 0.25) is 0 Å². The van der Waals surface area contributed by atoms with Gasteiger partial charge in [-0.05, 0) is 120 Å². The molecule has 0 aliphatic rings. The molecule has 5 heterocycles. The van der Waals surface area contributed by atoms with Crippen molar-refractivity contribution < 1.29 is 20.1 Å². The maximum atomic E-state index is 5.26. The SMILES string of the molecule is [Ir+3].[c-]1cc(-c2ccccc2-c2cc(-c3ccccc3-c3c[c-]c(-c4ncc(-c5ccccc5)c5ccccc45)cc3)cc(-c3ccccc3-c3c[c-]c4c(c3)c3nc5ccccc5n3c3cccnc43)c2)ccc1-c1ncc(-c2ccccc2)c2ccccc12. The number of benzene rings is 12. The number of fused-ring (bicyclic) bond motifs is 10. The van der Waals surface area contributed by atoms with E-state index in [1.54, 1.807) is 0 Å². The Morgan fingerprint density at radius 3 is 1.21 bits per heavy atom.